The number of carbonyl (C=O) groups excluding carboxylic acids is 4. The second-order valence-electron chi connectivity index (χ2n) is 11.5. The van der Waals surface area contributed by atoms with Gasteiger partial charge in [-0.1, -0.05) is 38.3 Å². The van der Waals surface area contributed by atoms with Crippen molar-refractivity contribution in [3.8, 4) is 0 Å². The maximum atomic E-state index is 14.1. The van der Waals surface area contributed by atoms with Gasteiger partial charge in [-0.2, -0.15) is 0 Å². The lowest BCUT2D eigenvalue weighted by Crippen LogP contribution is -2.56. The second-order valence-corrected chi connectivity index (χ2v) is 11.5. The monoisotopic (exact) mass is 575 g/mol. The fourth-order valence-corrected chi connectivity index (χ4v) is 6.56. The molecule has 0 saturated carbocycles. The average Bonchev–Trinajstić information content (AvgIpc) is 3.60. The topological polar surface area (TPSA) is 125 Å². The van der Waals surface area contributed by atoms with Gasteiger partial charge >= 0.3 is 5.97 Å². The number of carbonyl (C=O) groups is 4. The molecule has 10 heteroatoms. The quantitative estimate of drug-likeness (QED) is 0.138. The van der Waals surface area contributed by atoms with Gasteiger partial charge < -0.3 is 29.7 Å². The molecule has 0 unspecified atom stereocenters. The molecule has 10 nitrogen and oxygen atoms in total. The van der Waals surface area contributed by atoms with Crippen LogP contribution in [0.25, 0.3) is 0 Å². The molecule has 1 spiro atoms. The van der Waals surface area contributed by atoms with Crippen LogP contribution >= 0.6 is 0 Å². The van der Waals surface area contributed by atoms with Crippen molar-refractivity contribution in [3.05, 3.63) is 25.3 Å². The Morgan fingerprint density at radius 2 is 1.98 bits per heavy atom. The zero-order valence-electron chi connectivity index (χ0n) is 24.9. The van der Waals surface area contributed by atoms with Crippen LogP contribution in [0.5, 0.6) is 0 Å². The minimum atomic E-state index is -1.07. The summed E-state index contributed by atoms with van der Waals surface area (Å²) in [5.74, 6) is -2.64. The summed E-state index contributed by atoms with van der Waals surface area (Å²) in [6.07, 6.45) is 9.06. The summed E-state index contributed by atoms with van der Waals surface area (Å²) in [6.45, 7) is 12.8. The molecular weight excluding hydrogens is 526 g/mol. The summed E-state index contributed by atoms with van der Waals surface area (Å²) in [6, 6.07) is -0.806. The zero-order valence-corrected chi connectivity index (χ0v) is 24.9. The maximum absolute atomic E-state index is 14.1. The standard InChI is InChI=1S/C31H49N3O7/c1-5-8-14-24(36)32-21-22(4)40-30(39)25-23-15-16-31(41-23)26(25)28(37)34(19-12-10-11-13-20-35)27(31)29(38)33(17-7-3)18-9-6-2/h5,7,22-23,25-27,35H,1,3,6,8-21H2,2,4H3,(H,32,36)/t22-,23+,25-,26-,27+,31-/m1/s1. The molecule has 41 heavy (non-hydrogen) atoms. The van der Waals surface area contributed by atoms with E-state index in [1.165, 1.54) is 0 Å². The molecule has 3 heterocycles. The minimum Gasteiger partial charge on any atom is -0.460 e. The molecule has 3 rings (SSSR count). The molecular formula is C31H49N3O7. The first kappa shape index (κ1) is 32.8. The van der Waals surface area contributed by atoms with E-state index >= 15 is 0 Å². The van der Waals surface area contributed by atoms with Crippen LogP contribution in [0.15, 0.2) is 25.3 Å². The fourth-order valence-electron chi connectivity index (χ4n) is 6.56. The number of allylic oxidation sites excluding steroid dienone is 1. The molecule has 3 aliphatic heterocycles. The highest BCUT2D eigenvalue weighted by molar-refractivity contribution is 5.98. The number of likely N-dealkylation sites (tertiary alicyclic amines) is 1. The lowest BCUT2D eigenvalue weighted by molar-refractivity contribution is -0.159. The number of aliphatic hydroxyl groups is 1. The van der Waals surface area contributed by atoms with Crippen molar-refractivity contribution in [2.75, 3.05) is 32.8 Å². The first-order valence-electron chi connectivity index (χ1n) is 15.3. The predicted molar refractivity (Wildman–Crippen MR) is 155 cm³/mol. The summed E-state index contributed by atoms with van der Waals surface area (Å²) in [5.41, 5.74) is -1.07. The van der Waals surface area contributed by atoms with Crippen molar-refractivity contribution in [2.45, 2.75) is 102 Å². The summed E-state index contributed by atoms with van der Waals surface area (Å²) < 4.78 is 12.2. The van der Waals surface area contributed by atoms with Gasteiger partial charge in [0.2, 0.25) is 17.7 Å². The number of hydrogen-bond donors (Lipinski definition) is 2. The summed E-state index contributed by atoms with van der Waals surface area (Å²) >= 11 is 0. The van der Waals surface area contributed by atoms with E-state index in [9.17, 15) is 19.2 Å². The lowest BCUT2D eigenvalue weighted by Gasteiger charge is -2.36. The van der Waals surface area contributed by atoms with Crippen LogP contribution in [0, 0.1) is 11.8 Å². The van der Waals surface area contributed by atoms with Crippen molar-refractivity contribution >= 4 is 23.7 Å². The highest BCUT2D eigenvalue weighted by Gasteiger charge is 2.75. The number of nitrogens with zero attached hydrogens (tertiary/aromatic N) is 2. The molecule has 0 aromatic heterocycles. The van der Waals surface area contributed by atoms with E-state index in [-0.39, 0.29) is 30.9 Å². The Labute approximate surface area is 244 Å². The van der Waals surface area contributed by atoms with Crippen LogP contribution in [-0.2, 0) is 28.7 Å². The smallest absolute Gasteiger partial charge is 0.312 e. The van der Waals surface area contributed by atoms with Gasteiger partial charge in [0, 0.05) is 32.7 Å². The van der Waals surface area contributed by atoms with Crippen molar-refractivity contribution in [1.29, 1.82) is 0 Å². The number of esters is 1. The molecule has 6 atom stereocenters. The van der Waals surface area contributed by atoms with Crippen LogP contribution in [0.2, 0.25) is 0 Å². The Morgan fingerprint density at radius 3 is 2.66 bits per heavy atom. The van der Waals surface area contributed by atoms with E-state index in [1.54, 1.807) is 28.9 Å². The molecule has 2 N–H and O–H groups in total. The number of ether oxygens (including phenoxy) is 2. The zero-order chi connectivity index (χ0) is 30.0. The van der Waals surface area contributed by atoms with Gasteiger partial charge in [0.15, 0.2) is 0 Å². The van der Waals surface area contributed by atoms with Gasteiger partial charge in [-0.3, -0.25) is 19.2 Å². The summed E-state index contributed by atoms with van der Waals surface area (Å²) in [7, 11) is 0. The largest absolute Gasteiger partial charge is 0.460 e. The van der Waals surface area contributed by atoms with Crippen LogP contribution < -0.4 is 5.32 Å². The average molecular weight is 576 g/mol. The number of hydrogen-bond acceptors (Lipinski definition) is 7. The Morgan fingerprint density at radius 1 is 1.22 bits per heavy atom. The summed E-state index contributed by atoms with van der Waals surface area (Å²) in [5, 5.41) is 11.9. The van der Waals surface area contributed by atoms with E-state index in [0.29, 0.717) is 58.2 Å². The highest BCUT2D eigenvalue weighted by atomic mass is 16.6. The molecule has 230 valence electrons. The van der Waals surface area contributed by atoms with E-state index < -0.39 is 41.7 Å². The Kier molecular flexibility index (Phi) is 12.4. The molecule has 3 aliphatic rings. The normalized spacial score (nSPS) is 26.9. The molecule has 0 radical (unpaired) electrons. The predicted octanol–water partition coefficient (Wildman–Crippen LogP) is 2.74. The number of fused-ring (bicyclic) bond motifs is 1. The third-order valence-electron chi connectivity index (χ3n) is 8.54. The van der Waals surface area contributed by atoms with Gasteiger partial charge in [-0.25, -0.2) is 0 Å². The lowest BCUT2D eigenvalue weighted by atomic mass is 9.70. The van der Waals surface area contributed by atoms with Crippen LogP contribution in [0.4, 0.5) is 0 Å². The van der Waals surface area contributed by atoms with Crippen LogP contribution in [0.1, 0.15) is 78.1 Å². The van der Waals surface area contributed by atoms with Gasteiger partial charge in [0.1, 0.15) is 17.7 Å². The fraction of sp³-hybridized carbons (Fsp3) is 0.742. The van der Waals surface area contributed by atoms with Gasteiger partial charge in [0.05, 0.1) is 24.5 Å². The molecule has 2 bridgehead atoms. The first-order valence-corrected chi connectivity index (χ1v) is 15.3. The Balaban J connectivity index is 1.80. The van der Waals surface area contributed by atoms with Crippen molar-refractivity contribution in [1.82, 2.24) is 15.1 Å². The van der Waals surface area contributed by atoms with Crippen molar-refractivity contribution in [2.24, 2.45) is 11.8 Å². The molecule has 3 amide bonds. The highest BCUT2D eigenvalue weighted by Crippen LogP contribution is 2.58. The number of unbranched alkanes of at least 4 members (excludes halogenated alkanes) is 4. The Bertz CT molecular complexity index is 956. The van der Waals surface area contributed by atoms with E-state index in [2.05, 4.69) is 25.4 Å². The number of rotatable bonds is 19. The molecule has 3 fully saturated rings. The van der Waals surface area contributed by atoms with Gasteiger partial charge in [-0.05, 0) is 45.4 Å². The number of aliphatic hydroxyl groups excluding tert-OH is 1. The third-order valence-corrected chi connectivity index (χ3v) is 8.54. The first-order chi connectivity index (χ1) is 19.7. The number of nitrogens with one attached hydrogen (secondary N) is 1. The molecule has 0 aliphatic carbocycles. The third kappa shape index (κ3) is 7.38. The number of amides is 3. The van der Waals surface area contributed by atoms with E-state index in [1.807, 2.05) is 0 Å². The van der Waals surface area contributed by atoms with Crippen LogP contribution in [-0.4, -0.2) is 95.2 Å². The summed E-state index contributed by atoms with van der Waals surface area (Å²) in [4.78, 5) is 57.1. The van der Waals surface area contributed by atoms with Crippen molar-refractivity contribution < 1.29 is 33.8 Å². The van der Waals surface area contributed by atoms with Crippen molar-refractivity contribution in [3.63, 3.8) is 0 Å². The van der Waals surface area contributed by atoms with E-state index in [4.69, 9.17) is 14.6 Å². The minimum absolute atomic E-state index is 0.124. The van der Waals surface area contributed by atoms with Crippen LogP contribution in [0.3, 0.4) is 0 Å². The molecule has 3 saturated heterocycles. The Hall–Kier alpha value is -2.72. The molecule has 0 aromatic rings. The second kappa shape index (κ2) is 15.5. The van der Waals surface area contributed by atoms with Gasteiger partial charge in [-0.15, -0.1) is 13.2 Å². The molecule has 0 aromatic carbocycles. The van der Waals surface area contributed by atoms with Gasteiger partial charge in [0.25, 0.3) is 0 Å². The SMILES string of the molecule is C=CCCC(=O)NC[C@@H](C)OC(=O)[C@@H]1[C@@H]2CC[C@]3(O2)[C@H](C(=O)N(CC=C)CCCC)N(CCCCCCO)C(=O)[C@@H]13. The van der Waals surface area contributed by atoms with E-state index in [0.717, 1.165) is 25.7 Å². The maximum Gasteiger partial charge on any atom is 0.312 e.